The number of ether oxygens (including phenoxy) is 1. The van der Waals surface area contributed by atoms with Crippen LogP contribution in [0.1, 0.15) is 21.5 Å². The van der Waals surface area contributed by atoms with E-state index in [1.165, 1.54) is 7.11 Å². The van der Waals surface area contributed by atoms with Gasteiger partial charge in [0.25, 0.3) is 5.91 Å². The van der Waals surface area contributed by atoms with Crippen molar-refractivity contribution in [2.45, 2.75) is 13.3 Å². The molecule has 2 N–H and O–H groups in total. The quantitative estimate of drug-likeness (QED) is 0.717. The summed E-state index contributed by atoms with van der Waals surface area (Å²) in [6.07, 6.45) is 1.66. The van der Waals surface area contributed by atoms with Gasteiger partial charge in [-0.1, -0.05) is 24.3 Å². The van der Waals surface area contributed by atoms with Gasteiger partial charge in [0.2, 0.25) is 5.91 Å². The van der Waals surface area contributed by atoms with Gasteiger partial charge in [-0.05, 0) is 30.7 Å². The topological polar surface area (TPSA) is 80.6 Å². The number of hydrazine groups is 1. The monoisotopic (exact) mass is 338 g/mol. The van der Waals surface area contributed by atoms with Gasteiger partial charge in [-0.3, -0.25) is 20.4 Å². The highest BCUT2D eigenvalue weighted by molar-refractivity contribution is 5.98. The summed E-state index contributed by atoms with van der Waals surface area (Å²) in [5.74, 6) is -0.351. The molecule has 0 saturated heterocycles. The summed E-state index contributed by atoms with van der Waals surface area (Å²) in [6.45, 7) is 1.97. The molecule has 0 aliphatic rings. The highest BCUT2D eigenvalue weighted by Crippen LogP contribution is 2.22. The van der Waals surface area contributed by atoms with E-state index in [0.29, 0.717) is 11.3 Å². The molecular weight excluding hydrogens is 320 g/mol. The maximum Gasteiger partial charge on any atom is 0.273 e. The minimum absolute atomic E-state index is 0.0995. The Kier molecular flexibility index (Phi) is 4.70. The van der Waals surface area contributed by atoms with Crippen LogP contribution in [-0.2, 0) is 11.2 Å². The average molecular weight is 338 g/mol. The number of benzene rings is 2. The van der Waals surface area contributed by atoms with Crippen molar-refractivity contribution in [3.63, 3.8) is 0 Å². The Morgan fingerprint density at radius 3 is 2.72 bits per heavy atom. The molecule has 3 aromatic rings. The van der Waals surface area contributed by atoms with Gasteiger partial charge in [0.05, 0.1) is 25.4 Å². The van der Waals surface area contributed by atoms with Gasteiger partial charge in [-0.2, -0.15) is 0 Å². The third-order valence-electron chi connectivity index (χ3n) is 3.83. The maximum atomic E-state index is 12.2. The molecule has 0 fully saturated rings. The van der Waals surface area contributed by atoms with Crippen LogP contribution < -0.4 is 15.6 Å². The van der Waals surface area contributed by atoms with Crippen LogP contribution in [0.15, 0.2) is 53.1 Å². The van der Waals surface area contributed by atoms with E-state index >= 15 is 0 Å². The Labute approximate surface area is 144 Å². The highest BCUT2D eigenvalue weighted by Gasteiger charge is 2.14. The molecule has 3 rings (SSSR count). The van der Waals surface area contributed by atoms with Crippen molar-refractivity contribution in [3.8, 4) is 5.75 Å². The van der Waals surface area contributed by atoms with Crippen LogP contribution in [0, 0.1) is 6.92 Å². The molecule has 0 atom stereocenters. The molecule has 6 nitrogen and oxygen atoms in total. The van der Waals surface area contributed by atoms with Crippen LogP contribution in [-0.4, -0.2) is 18.9 Å². The number of hydrogen-bond donors (Lipinski definition) is 2. The summed E-state index contributed by atoms with van der Waals surface area (Å²) in [7, 11) is 1.48. The Balaban J connectivity index is 1.63. The third-order valence-corrected chi connectivity index (χ3v) is 3.83. The maximum absolute atomic E-state index is 12.2. The number of amides is 2. The molecule has 0 spiro atoms. The molecule has 6 heteroatoms. The minimum atomic E-state index is -0.446. The fraction of sp³-hybridized carbons (Fsp3) is 0.158. The molecule has 0 unspecified atom stereocenters. The first-order valence-electron chi connectivity index (χ1n) is 7.77. The highest BCUT2D eigenvalue weighted by atomic mass is 16.5. The van der Waals surface area contributed by atoms with E-state index in [2.05, 4.69) is 10.9 Å². The lowest BCUT2D eigenvalue weighted by Gasteiger charge is -2.09. The van der Waals surface area contributed by atoms with Crippen LogP contribution in [0.4, 0.5) is 0 Å². The Morgan fingerprint density at radius 1 is 1.12 bits per heavy atom. The zero-order chi connectivity index (χ0) is 17.8. The molecule has 2 aromatic carbocycles. The van der Waals surface area contributed by atoms with Crippen molar-refractivity contribution < 1.29 is 18.7 Å². The molecule has 0 radical (unpaired) electrons. The van der Waals surface area contributed by atoms with Gasteiger partial charge < -0.3 is 9.15 Å². The molecule has 128 valence electrons. The van der Waals surface area contributed by atoms with E-state index in [1.54, 1.807) is 30.5 Å². The van der Waals surface area contributed by atoms with Crippen molar-refractivity contribution in [1.29, 1.82) is 0 Å². The summed E-state index contributed by atoms with van der Waals surface area (Å²) in [6, 6.07) is 12.6. The summed E-state index contributed by atoms with van der Waals surface area (Å²) >= 11 is 0. The lowest BCUT2D eigenvalue weighted by molar-refractivity contribution is -0.121. The molecule has 1 heterocycles. The standard InChI is InChI=1S/C19H18N2O4/c1-12-7-8-14-13(11-25-17(14)9-12)10-18(22)20-21-19(23)15-5-3-4-6-16(15)24-2/h3-9,11H,10H2,1-2H3,(H,20,22)(H,21,23). The molecule has 0 saturated carbocycles. The Bertz CT molecular complexity index is 930. The van der Waals surface area contributed by atoms with E-state index in [1.807, 2.05) is 25.1 Å². The average Bonchev–Trinajstić information content (AvgIpc) is 3.01. The summed E-state index contributed by atoms with van der Waals surface area (Å²) in [5.41, 5.74) is 7.73. The van der Waals surface area contributed by atoms with E-state index in [9.17, 15) is 9.59 Å². The lowest BCUT2D eigenvalue weighted by Crippen LogP contribution is -2.42. The van der Waals surface area contributed by atoms with Gasteiger partial charge in [0, 0.05) is 10.9 Å². The van der Waals surface area contributed by atoms with Crippen LogP contribution in [0.3, 0.4) is 0 Å². The summed E-state index contributed by atoms with van der Waals surface area (Å²) < 4.78 is 10.6. The van der Waals surface area contributed by atoms with Crippen molar-refractivity contribution >= 4 is 22.8 Å². The molecule has 0 bridgehead atoms. The Morgan fingerprint density at radius 2 is 1.92 bits per heavy atom. The SMILES string of the molecule is COc1ccccc1C(=O)NNC(=O)Cc1coc2cc(C)ccc12. The van der Waals surface area contributed by atoms with Crippen LogP contribution in [0.25, 0.3) is 11.0 Å². The van der Waals surface area contributed by atoms with Crippen LogP contribution in [0.2, 0.25) is 0 Å². The van der Waals surface area contributed by atoms with E-state index in [-0.39, 0.29) is 12.3 Å². The third kappa shape index (κ3) is 3.63. The predicted octanol–water partition coefficient (Wildman–Crippen LogP) is 2.75. The molecule has 1 aromatic heterocycles. The first-order chi connectivity index (χ1) is 12.1. The summed E-state index contributed by atoms with van der Waals surface area (Å²) in [4.78, 5) is 24.3. The molecule has 25 heavy (non-hydrogen) atoms. The molecular formula is C19H18N2O4. The fourth-order valence-electron chi connectivity index (χ4n) is 2.57. The zero-order valence-corrected chi connectivity index (χ0v) is 14.0. The number of nitrogens with one attached hydrogen (secondary N) is 2. The number of fused-ring (bicyclic) bond motifs is 1. The van der Waals surface area contributed by atoms with Gasteiger partial charge in [0.1, 0.15) is 11.3 Å². The van der Waals surface area contributed by atoms with Gasteiger partial charge in [-0.25, -0.2) is 0 Å². The van der Waals surface area contributed by atoms with E-state index in [4.69, 9.17) is 9.15 Å². The predicted molar refractivity (Wildman–Crippen MR) is 93.3 cm³/mol. The van der Waals surface area contributed by atoms with Crippen molar-refractivity contribution in [1.82, 2.24) is 10.9 Å². The second-order valence-electron chi connectivity index (χ2n) is 5.64. The van der Waals surface area contributed by atoms with Crippen molar-refractivity contribution in [2.24, 2.45) is 0 Å². The van der Waals surface area contributed by atoms with Gasteiger partial charge in [-0.15, -0.1) is 0 Å². The van der Waals surface area contributed by atoms with Gasteiger partial charge >= 0.3 is 0 Å². The van der Waals surface area contributed by atoms with Crippen LogP contribution >= 0.6 is 0 Å². The number of carbonyl (C=O) groups excluding carboxylic acids is 2. The lowest BCUT2D eigenvalue weighted by atomic mass is 10.1. The van der Waals surface area contributed by atoms with Gasteiger partial charge in [0.15, 0.2) is 0 Å². The normalized spacial score (nSPS) is 10.5. The van der Waals surface area contributed by atoms with Crippen molar-refractivity contribution in [2.75, 3.05) is 7.11 Å². The number of aryl methyl sites for hydroxylation is 1. The largest absolute Gasteiger partial charge is 0.496 e. The first-order valence-corrected chi connectivity index (χ1v) is 7.77. The van der Waals surface area contributed by atoms with E-state index < -0.39 is 5.91 Å². The fourth-order valence-corrected chi connectivity index (χ4v) is 2.57. The first kappa shape index (κ1) is 16.6. The zero-order valence-electron chi connectivity index (χ0n) is 14.0. The van der Waals surface area contributed by atoms with Crippen LogP contribution in [0.5, 0.6) is 5.75 Å². The number of rotatable bonds is 4. The number of methoxy groups -OCH3 is 1. The van der Waals surface area contributed by atoms with Crippen molar-refractivity contribution in [3.05, 3.63) is 65.4 Å². The Hall–Kier alpha value is -3.28. The summed E-state index contributed by atoms with van der Waals surface area (Å²) in [5, 5.41) is 0.886. The number of furan rings is 1. The second kappa shape index (κ2) is 7.09. The number of carbonyl (C=O) groups is 2. The van der Waals surface area contributed by atoms with E-state index in [0.717, 1.165) is 22.1 Å². The molecule has 2 amide bonds. The molecule has 0 aliphatic heterocycles. The smallest absolute Gasteiger partial charge is 0.273 e. The number of hydrogen-bond acceptors (Lipinski definition) is 4. The minimum Gasteiger partial charge on any atom is -0.496 e. The second-order valence-corrected chi connectivity index (χ2v) is 5.64. The number of para-hydroxylation sites is 1. The molecule has 0 aliphatic carbocycles.